The predicted octanol–water partition coefficient (Wildman–Crippen LogP) is 3.29. The number of nitrogens with zero attached hydrogens (tertiary/aromatic N) is 9. The monoisotopic (exact) mass is 676 g/mol. The summed E-state index contributed by atoms with van der Waals surface area (Å²) in [6.45, 7) is 1.58. The van der Waals surface area contributed by atoms with Gasteiger partial charge in [0.1, 0.15) is 42.0 Å². The summed E-state index contributed by atoms with van der Waals surface area (Å²) in [5, 5.41) is 19.9. The molecule has 3 aliphatic heterocycles. The Kier molecular flexibility index (Phi) is 7.22. The largest absolute Gasteiger partial charge is 0.488 e. The molecule has 6 aromatic rings. The lowest BCUT2D eigenvalue weighted by atomic mass is 10.0. The van der Waals surface area contributed by atoms with Gasteiger partial charge < -0.3 is 15.0 Å². The third-order valence-corrected chi connectivity index (χ3v) is 9.11. The molecule has 16 heteroatoms. The van der Waals surface area contributed by atoms with Crippen molar-refractivity contribution in [3.05, 3.63) is 91.0 Å². The third-order valence-electron chi connectivity index (χ3n) is 9.11. The Hall–Kier alpha value is -6.16. The van der Waals surface area contributed by atoms with Gasteiger partial charge in [-0.2, -0.15) is 10.2 Å². The summed E-state index contributed by atoms with van der Waals surface area (Å²) in [7, 11) is 0. The minimum atomic E-state index is -0.758. The molecule has 0 saturated carbocycles. The molecule has 3 atom stereocenters. The maximum absolute atomic E-state index is 14.8. The van der Waals surface area contributed by atoms with Crippen molar-refractivity contribution in [1.82, 2.24) is 50.9 Å². The molecule has 6 heterocycles. The zero-order chi connectivity index (χ0) is 33.8. The Bertz CT molecular complexity index is 2310. The van der Waals surface area contributed by atoms with Gasteiger partial charge in [0, 0.05) is 37.2 Å². The minimum absolute atomic E-state index is 0.0707. The van der Waals surface area contributed by atoms with Crippen LogP contribution in [0.3, 0.4) is 0 Å². The quantitative estimate of drug-likeness (QED) is 0.250. The second-order valence-corrected chi connectivity index (χ2v) is 12.4. The smallest absolute Gasteiger partial charge is 0.241 e. The minimum Gasteiger partial charge on any atom is -0.488 e. The zero-order valence-corrected chi connectivity index (χ0v) is 26.5. The molecule has 1 fully saturated rings. The Morgan fingerprint density at radius 1 is 1.00 bits per heavy atom. The van der Waals surface area contributed by atoms with E-state index in [1.165, 1.54) is 23.1 Å². The average molecular weight is 677 g/mol. The number of hydrogen-bond acceptors (Lipinski definition) is 11. The molecule has 3 N–H and O–H groups in total. The first-order valence-corrected chi connectivity index (χ1v) is 16.2. The summed E-state index contributed by atoms with van der Waals surface area (Å²) in [6.07, 6.45) is 5.85. The summed E-state index contributed by atoms with van der Waals surface area (Å²) >= 11 is 0. The van der Waals surface area contributed by atoms with Gasteiger partial charge >= 0.3 is 0 Å². The van der Waals surface area contributed by atoms with Crippen LogP contribution in [0.4, 0.5) is 14.6 Å². The SMILES string of the molecule is O=C1Cn2cc3c(cccc3n2)-c2cccc(c2)O[C@H]2C[C@@H](C3=NNN(CCCN1)N3)N(c1ncnc3c1cnn3-c1ccc(F)cc1F)C2. The summed E-state index contributed by atoms with van der Waals surface area (Å²) in [5.74, 6) is 0.358. The maximum atomic E-state index is 14.8. The van der Waals surface area contributed by atoms with Crippen LogP contribution in [0, 0.1) is 11.6 Å². The number of halogens is 2. The van der Waals surface area contributed by atoms with Crippen molar-refractivity contribution >= 4 is 39.5 Å². The fourth-order valence-corrected chi connectivity index (χ4v) is 6.85. The van der Waals surface area contributed by atoms with Crippen LogP contribution in [0.15, 0.2) is 84.5 Å². The molecule has 14 nitrogen and oxygen atoms in total. The van der Waals surface area contributed by atoms with Crippen LogP contribution in [0.1, 0.15) is 12.8 Å². The highest BCUT2D eigenvalue weighted by Crippen LogP contribution is 2.35. The molecule has 8 bridgehead atoms. The zero-order valence-electron chi connectivity index (χ0n) is 26.5. The normalized spacial score (nSPS) is 20.7. The molecule has 1 unspecified atom stereocenters. The van der Waals surface area contributed by atoms with Gasteiger partial charge in [-0.25, -0.2) is 29.0 Å². The first kappa shape index (κ1) is 29.9. The fraction of sp³-hybridized carbons (Fsp3) is 0.235. The number of aromatic nitrogens is 6. The first-order valence-electron chi connectivity index (χ1n) is 16.2. The van der Waals surface area contributed by atoms with E-state index in [0.29, 0.717) is 60.9 Å². The third kappa shape index (κ3) is 5.38. The summed E-state index contributed by atoms with van der Waals surface area (Å²) in [6, 6.07) is 16.9. The maximum Gasteiger partial charge on any atom is 0.241 e. The second-order valence-electron chi connectivity index (χ2n) is 12.4. The van der Waals surface area contributed by atoms with E-state index in [1.54, 1.807) is 16.0 Å². The molecule has 252 valence electrons. The molecule has 1 amide bonds. The topological polar surface area (TPSA) is 143 Å². The average Bonchev–Trinajstić information content (AvgIpc) is 3.92. The van der Waals surface area contributed by atoms with Crippen LogP contribution >= 0.6 is 0 Å². The van der Waals surface area contributed by atoms with Gasteiger partial charge in [0.2, 0.25) is 5.91 Å². The standard InChI is InChI=1S/C34H30F2N12O2/c35-21-8-9-29(27(36)13-21)48-34-25(15-40-48)33(38-19-39-34)46-16-23-14-30(46)32-41-44-47(43-32)11-3-10-37-31(49)18-45-17-26-24(6-2-7-28(26)42-45)20-4-1-5-22(12-20)50-23/h1-2,4-9,12-13,15,17,19,23,30,44H,3,10-11,14,16,18H2,(H,37,49)(H,41,43)/t23-,30-/m0/s1. The number of hydrogen-bond donors (Lipinski definition) is 3. The number of fused-ring (bicyclic) bond motifs is 10. The number of ether oxygens (including phenoxy) is 1. The summed E-state index contributed by atoms with van der Waals surface area (Å²) < 4.78 is 38.2. The number of hydrazone groups is 1. The van der Waals surface area contributed by atoms with E-state index in [4.69, 9.17) is 4.74 Å². The summed E-state index contributed by atoms with van der Waals surface area (Å²) in [4.78, 5) is 23.9. The Balaban J connectivity index is 1.08. The molecule has 0 aliphatic carbocycles. The number of carbonyl (C=O) groups excluding carboxylic acids is 1. The highest BCUT2D eigenvalue weighted by Gasteiger charge is 2.40. The Morgan fingerprint density at radius 2 is 1.92 bits per heavy atom. The van der Waals surface area contributed by atoms with E-state index < -0.39 is 11.6 Å². The van der Waals surface area contributed by atoms with Gasteiger partial charge in [-0.3, -0.25) is 14.9 Å². The van der Waals surface area contributed by atoms with Crippen molar-refractivity contribution in [2.24, 2.45) is 5.10 Å². The number of anilines is 1. The van der Waals surface area contributed by atoms with E-state index in [-0.39, 0.29) is 30.3 Å². The van der Waals surface area contributed by atoms with Crippen molar-refractivity contribution in [3.8, 4) is 22.6 Å². The van der Waals surface area contributed by atoms with E-state index in [0.717, 1.165) is 28.1 Å². The Morgan fingerprint density at radius 3 is 2.84 bits per heavy atom. The molecule has 3 aromatic heterocycles. The van der Waals surface area contributed by atoms with Crippen LogP contribution < -0.4 is 25.9 Å². The van der Waals surface area contributed by atoms with E-state index >= 15 is 0 Å². The lowest BCUT2D eigenvalue weighted by Gasteiger charge is -2.26. The number of hydrazine groups is 2. The molecule has 50 heavy (non-hydrogen) atoms. The van der Waals surface area contributed by atoms with Crippen LogP contribution in [0.25, 0.3) is 38.8 Å². The van der Waals surface area contributed by atoms with Crippen molar-refractivity contribution in [2.45, 2.75) is 31.5 Å². The Labute approximate surface area is 283 Å². The van der Waals surface area contributed by atoms with Crippen LogP contribution in [0.2, 0.25) is 0 Å². The van der Waals surface area contributed by atoms with Crippen LogP contribution in [0.5, 0.6) is 5.75 Å². The van der Waals surface area contributed by atoms with Crippen molar-refractivity contribution in [1.29, 1.82) is 0 Å². The molecule has 0 spiro atoms. The van der Waals surface area contributed by atoms with Crippen molar-refractivity contribution < 1.29 is 18.3 Å². The van der Waals surface area contributed by atoms with Crippen molar-refractivity contribution in [2.75, 3.05) is 24.5 Å². The van der Waals surface area contributed by atoms with E-state index in [9.17, 15) is 13.6 Å². The van der Waals surface area contributed by atoms with Gasteiger partial charge in [-0.1, -0.05) is 24.3 Å². The number of amides is 1. The number of carbonyl (C=O) groups is 1. The highest BCUT2D eigenvalue weighted by atomic mass is 19.1. The number of nitrogens with one attached hydrogen (secondary N) is 3. The number of rotatable bonds is 2. The van der Waals surface area contributed by atoms with Crippen LogP contribution in [-0.4, -0.2) is 78.2 Å². The fourth-order valence-electron chi connectivity index (χ4n) is 6.85. The molecule has 1 saturated heterocycles. The molecule has 3 aromatic carbocycles. The lowest BCUT2D eigenvalue weighted by Crippen LogP contribution is -2.48. The van der Waals surface area contributed by atoms with Crippen LogP contribution in [-0.2, 0) is 11.3 Å². The summed E-state index contributed by atoms with van der Waals surface area (Å²) in [5.41, 5.74) is 9.57. The molecular formula is C34H30F2N12O2. The van der Waals surface area contributed by atoms with Crippen molar-refractivity contribution in [3.63, 3.8) is 0 Å². The van der Waals surface area contributed by atoms with E-state index in [2.05, 4.69) is 46.4 Å². The second kappa shape index (κ2) is 12.1. The highest BCUT2D eigenvalue weighted by molar-refractivity contribution is 5.96. The van der Waals surface area contributed by atoms with Gasteiger partial charge in [0.05, 0.1) is 29.7 Å². The first-order chi connectivity index (χ1) is 24.5. The number of amidine groups is 1. The van der Waals surface area contributed by atoms with Gasteiger partial charge in [0.15, 0.2) is 17.3 Å². The van der Waals surface area contributed by atoms with Gasteiger partial charge in [-0.15, -0.1) is 10.2 Å². The lowest BCUT2D eigenvalue weighted by molar-refractivity contribution is -0.121. The number of benzene rings is 3. The molecule has 0 radical (unpaired) electrons. The molecule has 9 rings (SSSR count). The predicted molar refractivity (Wildman–Crippen MR) is 180 cm³/mol. The molecule has 3 aliphatic rings. The van der Waals surface area contributed by atoms with E-state index in [1.807, 2.05) is 48.7 Å². The van der Waals surface area contributed by atoms with Gasteiger partial charge in [0.25, 0.3) is 0 Å². The molecular weight excluding hydrogens is 646 g/mol. The van der Waals surface area contributed by atoms with Gasteiger partial charge in [-0.05, 0) is 47.9 Å².